The van der Waals surface area contributed by atoms with Crippen LogP contribution in [0.5, 0.6) is 0 Å². The molecular weight excluding hydrogens is 194 g/mol. The molecule has 2 saturated heterocycles. The first-order valence-electron chi connectivity index (χ1n) is 4.39. The molecule has 1 atom stereocenters. The van der Waals surface area contributed by atoms with Crippen LogP contribution in [0.4, 0.5) is 4.79 Å². The van der Waals surface area contributed by atoms with Crippen LogP contribution in [0.1, 0.15) is 0 Å². The minimum atomic E-state index is -0.238. The van der Waals surface area contributed by atoms with E-state index in [-0.39, 0.29) is 12.2 Å². The Morgan fingerprint density at radius 1 is 1.54 bits per heavy atom. The van der Waals surface area contributed by atoms with E-state index in [1.165, 1.54) is 0 Å². The molecule has 2 aliphatic heterocycles. The van der Waals surface area contributed by atoms with E-state index >= 15 is 0 Å². The number of cyclic esters (lactones) is 1. The summed E-state index contributed by atoms with van der Waals surface area (Å²) in [6, 6.07) is 0. The molecule has 4 nitrogen and oxygen atoms in total. The molecule has 2 heterocycles. The third kappa shape index (κ3) is 1.89. The molecule has 2 fully saturated rings. The third-order valence-electron chi connectivity index (χ3n) is 2.31. The maximum Gasteiger partial charge on any atom is 0.410 e. The van der Waals surface area contributed by atoms with Crippen LogP contribution < -0.4 is 0 Å². The summed E-state index contributed by atoms with van der Waals surface area (Å²) in [5.74, 6) is 0.866. The van der Waals surface area contributed by atoms with Crippen molar-refractivity contribution in [3.8, 4) is 0 Å². The largest absolute Gasteiger partial charge is 0.443 e. The molecule has 2 rings (SSSR count). The SMILES string of the molecule is O=C1O[C@H](CCl)CN1CC1COC1. The van der Waals surface area contributed by atoms with Crippen LogP contribution >= 0.6 is 11.6 Å². The zero-order valence-corrected chi connectivity index (χ0v) is 8.00. The Morgan fingerprint density at radius 3 is 2.77 bits per heavy atom. The second kappa shape index (κ2) is 3.72. The number of amides is 1. The van der Waals surface area contributed by atoms with Crippen LogP contribution in [0.15, 0.2) is 0 Å². The van der Waals surface area contributed by atoms with E-state index in [1.54, 1.807) is 4.90 Å². The molecule has 0 saturated carbocycles. The van der Waals surface area contributed by atoms with Crippen molar-refractivity contribution in [1.82, 2.24) is 4.90 Å². The summed E-state index contributed by atoms with van der Waals surface area (Å²) >= 11 is 5.59. The van der Waals surface area contributed by atoms with E-state index in [2.05, 4.69) is 0 Å². The van der Waals surface area contributed by atoms with Gasteiger partial charge in [0.1, 0.15) is 6.10 Å². The Kier molecular flexibility index (Phi) is 2.60. The Labute approximate surface area is 81.7 Å². The summed E-state index contributed by atoms with van der Waals surface area (Å²) in [5.41, 5.74) is 0. The molecule has 0 bridgehead atoms. The van der Waals surface area contributed by atoms with Gasteiger partial charge in [-0.05, 0) is 0 Å². The van der Waals surface area contributed by atoms with Crippen LogP contribution in [0.2, 0.25) is 0 Å². The maximum atomic E-state index is 11.2. The van der Waals surface area contributed by atoms with Gasteiger partial charge in [-0.15, -0.1) is 11.6 Å². The Balaban J connectivity index is 1.81. The highest BCUT2D eigenvalue weighted by atomic mass is 35.5. The maximum absolute atomic E-state index is 11.2. The van der Waals surface area contributed by atoms with Gasteiger partial charge in [0.05, 0.1) is 25.6 Å². The topological polar surface area (TPSA) is 38.8 Å². The average molecular weight is 206 g/mol. The molecule has 0 aromatic carbocycles. The molecule has 0 aromatic rings. The molecule has 1 amide bonds. The molecular formula is C8H12ClNO3. The normalized spacial score (nSPS) is 28.8. The van der Waals surface area contributed by atoms with E-state index in [0.29, 0.717) is 18.3 Å². The van der Waals surface area contributed by atoms with Gasteiger partial charge < -0.3 is 14.4 Å². The van der Waals surface area contributed by atoms with Crippen molar-refractivity contribution in [1.29, 1.82) is 0 Å². The van der Waals surface area contributed by atoms with Gasteiger partial charge in [0.15, 0.2) is 0 Å². The van der Waals surface area contributed by atoms with E-state index in [1.807, 2.05) is 0 Å². The molecule has 0 aromatic heterocycles. The van der Waals surface area contributed by atoms with Crippen molar-refractivity contribution in [3.05, 3.63) is 0 Å². The molecule has 13 heavy (non-hydrogen) atoms. The first kappa shape index (κ1) is 9.09. The monoisotopic (exact) mass is 205 g/mol. The third-order valence-corrected chi connectivity index (χ3v) is 2.65. The average Bonchev–Trinajstić information content (AvgIpc) is 2.39. The summed E-state index contributed by atoms with van der Waals surface area (Å²) in [6.45, 7) is 2.88. The molecule has 0 unspecified atom stereocenters. The van der Waals surface area contributed by atoms with Gasteiger partial charge in [0.25, 0.3) is 0 Å². The molecule has 2 aliphatic rings. The van der Waals surface area contributed by atoms with E-state index in [0.717, 1.165) is 19.8 Å². The van der Waals surface area contributed by atoms with E-state index in [9.17, 15) is 4.79 Å². The number of ether oxygens (including phenoxy) is 2. The fourth-order valence-corrected chi connectivity index (χ4v) is 1.67. The summed E-state index contributed by atoms with van der Waals surface area (Å²) < 4.78 is 10.0. The highest BCUT2D eigenvalue weighted by molar-refractivity contribution is 6.18. The van der Waals surface area contributed by atoms with Crippen molar-refractivity contribution in [2.24, 2.45) is 5.92 Å². The number of alkyl halides is 1. The summed E-state index contributed by atoms with van der Waals surface area (Å²) in [6.07, 6.45) is -0.368. The minimum Gasteiger partial charge on any atom is -0.443 e. The van der Waals surface area contributed by atoms with Crippen molar-refractivity contribution < 1.29 is 14.3 Å². The molecule has 0 spiro atoms. The lowest BCUT2D eigenvalue weighted by atomic mass is 10.1. The molecule has 5 heteroatoms. The highest BCUT2D eigenvalue weighted by Crippen LogP contribution is 2.17. The van der Waals surface area contributed by atoms with Crippen LogP contribution in [0.25, 0.3) is 0 Å². The lowest BCUT2D eigenvalue weighted by molar-refractivity contribution is -0.0406. The minimum absolute atomic E-state index is 0.129. The molecule has 0 radical (unpaired) electrons. The van der Waals surface area contributed by atoms with Gasteiger partial charge in [-0.2, -0.15) is 0 Å². The first-order valence-corrected chi connectivity index (χ1v) is 4.92. The zero-order chi connectivity index (χ0) is 9.26. The zero-order valence-electron chi connectivity index (χ0n) is 7.24. The van der Waals surface area contributed by atoms with Gasteiger partial charge in [0, 0.05) is 12.5 Å². The smallest absolute Gasteiger partial charge is 0.410 e. The lowest BCUT2D eigenvalue weighted by Crippen LogP contribution is -2.40. The van der Waals surface area contributed by atoms with Crippen LogP contribution in [0.3, 0.4) is 0 Å². The van der Waals surface area contributed by atoms with Crippen molar-refractivity contribution in [3.63, 3.8) is 0 Å². The predicted octanol–water partition coefficient (Wildman–Crippen LogP) is 0.692. The van der Waals surface area contributed by atoms with Crippen molar-refractivity contribution >= 4 is 17.7 Å². The van der Waals surface area contributed by atoms with Crippen molar-refractivity contribution in [2.75, 3.05) is 32.2 Å². The highest BCUT2D eigenvalue weighted by Gasteiger charge is 2.33. The summed E-state index contributed by atoms with van der Waals surface area (Å²) in [7, 11) is 0. The summed E-state index contributed by atoms with van der Waals surface area (Å²) in [5, 5.41) is 0. The van der Waals surface area contributed by atoms with Crippen LogP contribution in [-0.2, 0) is 9.47 Å². The Hall–Kier alpha value is -0.480. The van der Waals surface area contributed by atoms with Crippen LogP contribution in [0, 0.1) is 5.92 Å². The van der Waals surface area contributed by atoms with Crippen molar-refractivity contribution in [2.45, 2.75) is 6.10 Å². The second-order valence-corrected chi connectivity index (χ2v) is 3.78. The van der Waals surface area contributed by atoms with Gasteiger partial charge in [-0.1, -0.05) is 0 Å². The number of nitrogens with zero attached hydrogens (tertiary/aromatic N) is 1. The number of carbonyl (C=O) groups excluding carboxylic acids is 1. The Morgan fingerprint density at radius 2 is 2.31 bits per heavy atom. The van der Waals surface area contributed by atoms with Gasteiger partial charge in [0.2, 0.25) is 0 Å². The quantitative estimate of drug-likeness (QED) is 0.637. The Bertz CT molecular complexity index is 208. The fourth-order valence-electron chi connectivity index (χ4n) is 1.51. The van der Waals surface area contributed by atoms with E-state index < -0.39 is 0 Å². The second-order valence-electron chi connectivity index (χ2n) is 3.47. The number of hydrogen-bond donors (Lipinski definition) is 0. The summed E-state index contributed by atoms with van der Waals surface area (Å²) in [4.78, 5) is 12.9. The first-order chi connectivity index (χ1) is 6.29. The number of halogens is 1. The molecule has 74 valence electrons. The van der Waals surface area contributed by atoms with E-state index in [4.69, 9.17) is 21.1 Å². The number of rotatable bonds is 3. The van der Waals surface area contributed by atoms with Gasteiger partial charge in [-0.25, -0.2) is 4.79 Å². The lowest BCUT2D eigenvalue weighted by Gasteiger charge is -2.28. The standard InChI is InChI=1S/C8H12ClNO3/c9-1-7-3-10(8(11)13-7)2-6-4-12-5-6/h6-7H,1-5H2/t7-/m1/s1. The predicted molar refractivity (Wildman–Crippen MR) is 46.9 cm³/mol. The number of hydrogen-bond acceptors (Lipinski definition) is 3. The number of carbonyl (C=O) groups is 1. The van der Waals surface area contributed by atoms with Crippen LogP contribution in [-0.4, -0.2) is 49.3 Å². The molecule has 0 N–H and O–H groups in total. The fraction of sp³-hybridized carbons (Fsp3) is 0.875. The molecule has 0 aliphatic carbocycles. The van der Waals surface area contributed by atoms with Gasteiger partial charge >= 0.3 is 6.09 Å². The van der Waals surface area contributed by atoms with Gasteiger partial charge in [-0.3, -0.25) is 0 Å².